The first-order valence-corrected chi connectivity index (χ1v) is 8.72. The lowest BCUT2D eigenvalue weighted by molar-refractivity contribution is -0.111. The number of para-hydroxylation sites is 1. The molecule has 0 aliphatic heterocycles. The number of rotatable bonds is 4. The van der Waals surface area contributed by atoms with Crippen molar-refractivity contribution >= 4 is 28.1 Å². The smallest absolute Gasteiger partial charge is 0.255 e. The molecule has 4 aromatic rings. The Morgan fingerprint density at radius 1 is 0.778 bits per heavy atom. The quantitative estimate of drug-likeness (QED) is 0.490. The molecule has 27 heavy (non-hydrogen) atoms. The topological polar surface area (TPSA) is 42.0 Å². The van der Waals surface area contributed by atoms with E-state index >= 15 is 0 Å². The van der Waals surface area contributed by atoms with Gasteiger partial charge in [-0.25, -0.2) is 0 Å². The normalized spacial score (nSPS) is 10.5. The molecule has 3 nitrogen and oxygen atoms in total. The fraction of sp³-hybridized carbons (Fsp3) is 0. The van der Waals surface area contributed by atoms with E-state index in [1.165, 1.54) is 0 Å². The first-order valence-electron chi connectivity index (χ1n) is 8.72. The lowest BCUT2D eigenvalue weighted by Gasteiger charge is -2.10. The number of amides is 1. The molecule has 0 bridgehead atoms. The number of aromatic nitrogens is 1. The molecule has 1 amide bonds. The van der Waals surface area contributed by atoms with E-state index in [0.29, 0.717) is 11.3 Å². The zero-order valence-electron chi connectivity index (χ0n) is 14.7. The van der Waals surface area contributed by atoms with Crippen LogP contribution in [0.25, 0.3) is 27.6 Å². The van der Waals surface area contributed by atoms with E-state index < -0.39 is 0 Å². The van der Waals surface area contributed by atoms with Crippen LogP contribution in [0, 0.1) is 0 Å². The van der Waals surface area contributed by atoms with Crippen LogP contribution in [0.1, 0.15) is 5.56 Å². The van der Waals surface area contributed by atoms with E-state index in [1.54, 1.807) is 6.20 Å². The van der Waals surface area contributed by atoms with Crippen molar-refractivity contribution in [3.8, 4) is 11.1 Å². The Kier molecular flexibility index (Phi) is 4.50. The lowest BCUT2D eigenvalue weighted by Crippen LogP contribution is -2.13. The Hall–Kier alpha value is -3.72. The van der Waals surface area contributed by atoms with Gasteiger partial charge in [-0.2, -0.15) is 0 Å². The Bertz CT molecular complexity index is 1110. The zero-order chi connectivity index (χ0) is 18.6. The van der Waals surface area contributed by atoms with Gasteiger partial charge in [-0.05, 0) is 28.8 Å². The summed E-state index contributed by atoms with van der Waals surface area (Å²) in [7, 11) is 0. The Labute approximate surface area is 158 Å². The summed E-state index contributed by atoms with van der Waals surface area (Å²) in [5.41, 5.74) is 4.90. The fourth-order valence-electron chi connectivity index (χ4n) is 3.03. The van der Waals surface area contributed by atoms with Crippen molar-refractivity contribution in [2.45, 2.75) is 0 Å². The number of nitrogens with one attached hydrogen (secondary N) is 1. The summed E-state index contributed by atoms with van der Waals surface area (Å²) in [5.74, 6) is -0.236. The Balaban J connectivity index is 1.55. The molecule has 130 valence electrons. The lowest BCUT2D eigenvalue weighted by atomic mass is 10.0. The monoisotopic (exact) mass is 350 g/mol. The predicted octanol–water partition coefficient (Wildman–Crippen LogP) is 5.55. The average molecular weight is 350 g/mol. The molecule has 0 unspecified atom stereocenters. The summed E-state index contributed by atoms with van der Waals surface area (Å²) in [6, 6.07) is 27.5. The van der Waals surface area contributed by atoms with Gasteiger partial charge in [0, 0.05) is 17.2 Å². The van der Waals surface area contributed by atoms with E-state index in [9.17, 15) is 4.79 Å². The maximum absolute atomic E-state index is 12.7. The van der Waals surface area contributed by atoms with Crippen LogP contribution in [0.5, 0.6) is 0 Å². The molecule has 1 heterocycles. The average Bonchev–Trinajstić information content (AvgIpc) is 2.74. The van der Waals surface area contributed by atoms with Crippen molar-refractivity contribution in [2.24, 2.45) is 0 Å². The number of nitrogens with zero attached hydrogens (tertiary/aromatic N) is 1. The molecule has 1 N–H and O–H groups in total. The highest BCUT2D eigenvalue weighted by Gasteiger charge is 2.12. The minimum Gasteiger partial charge on any atom is -0.320 e. The van der Waals surface area contributed by atoms with Gasteiger partial charge in [0.05, 0.1) is 11.2 Å². The van der Waals surface area contributed by atoms with Crippen LogP contribution >= 0.6 is 0 Å². The van der Waals surface area contributed by atoms with Gasteiger partial charge in [0.1, 0.15) is 0 Å². The third-order valence-corrected chi connectivity index (χ3v) is 4.50. The number of benzene rings is 3. The highest BCUT2D eigenvalue weighted by atomic mass is 16.1. The number of anilines is 1. The molecular formula is C24H18N2O. The van der Waals surface area contributed by atoms with Crippen molar-refractivity contribution in [3.05, 3.63) is 103 Å². The second-order valence-electron chi connectivity index (χ2n) is 6.26. The second-order valence-corrected chi connectivity index (χ2v) is 6.26. The summed E-state index contributed by atoms with van der Waals surface area (Å²) in [6.07, 6.45) is 1.72. The maximum Gasteiger partial charge on any atom is 0.255 e. The van der Waals surface area contributed by atoms with Crippen molar-refractivity contribution < 1.29 is 4.79 Å². The van der Waals surface area contributed by atoms with Gasteiger partial charge in [0.15, 0.2) is 0 Å². The minimum atomic E-state index is -0.236. The third kappa shape index (κ3) is 3.48. The number of carbonyl (C=O) groups is 1. The van der Waals surface area contributed by atoms with Crippen LogP contribution in [-0.2, 0) is 4.79 Å². The first-order chi connectivity index (χ1) is 13.2. The second kappa shape index (κ2) is 7.26. The molecule has 3 aromatic carbocycles. The van der Waals surface area contributed by atoms with Gasteiger partial charge in [0.25, 0.3) is 5.91 Å². The summed E-state index contributed by atoms with van der Waals surface area (Å²) in [6.45, 7) is 3.97. The van der Waals surface area contributed by atoms with E-state index in [0.717, 1.165) is 27.6 Å². The number of hydrogen-bond donors (Lipinski definition) is 1. The highest BCUT2D eigenvalue weighted by Crippen LogP contribution is 2.24. The van der Waals surface area contributed by atoms with Crippen molar-refractivity contribution in [1.82, 2.24) is 4.98 Å². The van der Waals surface area contributed by atoms with Gasteiger partial charge in [-0.15, -0.1) is 0 Å². The van der Waals surface area contributed by atoms with Crippen LogP contribution in [0.3, 0.4) is 0 Å². The standard InChI is InChI=1S/C24H18N2O/c1-17(18-12-14-20(15-13-18)19-7-3-2-4-8-19)24(27)26-22-11-5-9-21-10-6-16-25-23(21)22/h2-16H,1H2,(H,26,27). The molecule has 1 aromatic heterocycles. The number of hydrogen-bond acceptors (Lipinski definition) is 2. The number of fused-ring (bicyclic) bond motifs is 1. The SMILES string of the molecule is C=C(C(=O)Nc1cccc2cccnc12)c1ccc(-c2ccccc2)cc1. The van der Waals surface area contributed by atoms with E-state index in [1.807, 2.05) is 72.8 Å². The fourth-order valence-corrected chi connectivity index (χ4v) is 3.03. The summed E-state index contributed by atoms with van der Waals surface area (Å²) in [4.78, 5) is 17.0. The number of pyridine rings is 1. The molecule has 0 spiro atoms. The summed E-state index contributed by atoms with van der Waals surface area (Å²) < 4.78 is 0. The molecule has 0 saturated carbocycles. The van der Waals surface area contributed by atoms with Crippen LogP contribution in [0.4, 0.5) is 5.69 Å². The van der Waals surface area contributed by atoms with Crippen molar-refractivity contribution in [3.63, 3.8) is 0 Å². The summed E-state index contributed by atoms with van der Waals surface area (Å²) in [5, 5.41) is 3.91. The molecule has 0 aliphatic carbocycles. The minimum absolute atomic E-state index is 0.236. The molecule has 4 rings (SSSR count). The van der Waals surface area contributed by atoms with Crippen LogP contribution in [-0.4, -0.2) is 10.9 Å². The Morgan fingerprint density at radius 2 is 1.48 bits per heavy atom. The van der Waals surface area contributed by atoms with Crippen LogP contribution in [0.2, 0.25) is 0 Å². The van der Waals surface area contributed by atoms with Gasteiger partial charge in [-0.3, -0.25) is 9.78 Å². The van der Waals surface area contributed by atoms with E-state index in [4.69, 9.17) is 0 Å². The maximum atomic E-state index is 12.7. The van der Waals surface area contributed by atoms with Crippen molar-refractivity contribution in [2.75, 3.05) is 5.32 Å². The highest BCUT2D eigenvalue weighted by molar-refractivity contribution is 6.25. The van der Waals surface area contributed by atoms with Crippen LogP contribution in [0.15, 0.2) is 97.7 Å². The Morgan fingerprint density at radius 3 is 2.26 bits per heavy atom. The number of carbonyl (C=O) groups excluding carboxylic acids is 1. The van der Waals surface area contributed by atoms with Gasteiger partial charge in [-0.1, -0.05) is 79.4 Å². The van der Waals surface area contributed by atoms with Gasteiger partial charge >= 0.3 is 0 Å². The molecule has 3 heteroatoms. The largest absolute Gasteiger partial charge is 0.320 e. The first kappa shape index (κ1) is 16.7. The van der Waals surface area contributed by atoms with E-state index in [-0.39, 0.29) is 5.91 Å². The molecule has 0 atom stereocenters. The molecule has 0 saturated heterocycles. The summed E-state index contributed by atoms with van der Waals surface area (Å²) >= 11 is 0. The van der Waals surface area contributed by atoms with Crippen LogP contribution < -0.4 is 5.32 Å². The third-order valence-electron chi connectivity index (χ3n) is 4.50. The zero-order valence-corrected chi connectivity index (χ0v) is 14.7. The molecule has 0 aliphatic rings. The van der Waals surface area contributed by atoms with Gasteiger partial charge in [0.2, 0.25) is 0 Å². The molecule has 0 fully saturated rings. The van der Waals surface area contributed by atoms with E-state index in [2.05, 4.69) is 29.0 Å². The van der Waals surface area contributed by atoms with Gasteiger partial charge < -0.3 is 5.32 Å². The predicted molar refractivity (Wildman–Crippen MR) is 111 cm³/mol. The molecule has 0 radical (unpaired) electrons. The molecular weight excluding hydrogens is 332 g/mol. The van der Waals surface area contributed by atoms with Crippen molar-refractivity contribution in [1.29, 1.82) is 0 Å².